The zero-order valence-corrected chi connectivity index (χ0v) is 24.6. The number of nitrogens with zero attached hydrogens (tertiary/aromatic N) is 6. The Morgan fingerprint density at radius 1 is 1.19 bits per heavy atom. The third-order valence-corrected chi connectivity index (χ3v) is 6.82. The number of ether oxygens (including phenoxy) is 1. The van der Waals surface area contributed by atoms with Crippen molar-refractivity contribution >= 4 is 35.0 Å². The summed E-state index contributed by atoms with van der Waals surface area (Å²) in [6, 6.07) is 2.66. The van der Waals surface area contributed by atoms with E-state index in [4.69, 9.17) is 9.72 Å². The normalized spacial score (nSPS) is 15.2. The largest absolute Gasteiger partial charge is 0.478 e. The number of piperidine rings is 1. The van der Waals surface area contributed by atoms with Gasteiger partial charge in [-0.15, -0.1) is 5.92 Å². The summed E-state index contributed by atoms with van der Waals surface area (Å²) in [7, 11) is 3.14. The average Bonchev–Trinajstić information content (AvgIpc) is 3.31. The number of amides is 1. The van der Waals surface area contributed by atoms with Crippen molar-refractivity contribution in [3.05, 3.63) is 44.2 Å². The van der Waals surface area contributed by atoms with Crippen LogP contribution in [-0.4, -0.2) is 72.6 Å². The second-order valence-corrected chi connectivity index (χ2v) is 11.0. The summed E-state index contributed by atoms with van der Waals surface area (Å²) < 4.78 is 9.30. The van der Waals surface area contributed by atoms with Crippen LogP contribution in [0.5, 0.6) is 0 Å². The maximum absolute atomic E-state index is 13.9. The minimum absolute atomic E-state index is 0.0552. The van der Waals surface area contributed by atoms with Gasteiger partial charge in [0.25, 0.3) is 5.56 Å². The van der Waals surface area contributed by atoms with E-state index in [0.29, 0.717) is 24.9 Å². The predicted molar refractivity (Wildman–Crippen MR) is 157 cm³/mol. The second kappa shape index (κ2) is 12.0. The zero-order valence-electron chi connectivity index (χ0n) is 24.6. The molecule has 0 radical (unpaired) electrons. The molecule has 1 atom stereocenters. The van der Waals surface area contributed by atoms with E-state index in [-0.39, 0.29) is 41.6 Å². The van der Waals surface area contributed by atoms with Crippen molar-refractivity contribution in [3.63, 3.8) is 0 Å². The molecule has 4 rings (SSSR count). The molecular formula is C28H36N8O6. The number of anilines is 2. The Morgan fingerprint density at radius 3 is 2.57 bits per heavy atom. The van der Waals surface area contributed by atoms with Crippen LogP contribution in [0.2, 0.25) is 0 Å². The lowest BCUT2D eigenvalue weighted by Crippen LogP contribution is -2.49. The number of carbonyl (C=O) groups is 2. The minimum atomic E-state index is -1.23. The highest BCUT2D eigenvalue weighted by Gasteiger charge is 2.29. The number of aromatic nitrogens is 5. The van der Waals surface area contributed by atoms with E-state index < -0.39 is 28.9 Å². The molecule has 1 aliphatic heterocycles. The number of carboxylic acid groups (broad SMARTS) is 1. The molecule has 1 aliphatic rings. The first-order valence-corrected chi connectivity index (χ1v) is 13.6. The van der Waals surface area contributed by atoms with Crippen LogP contribution in [0.15, 0.2) is 21.7 Å². The molecule has 14 heteroatoms. The molecule has 1 fully saturated rings. The van der Waals surface area contributed by atoms with Gasteiger partial charge in [-0.2, -0.15) is 4.98 Å². The molecule has 3 N–H and O–H groups in total. The van der Waals surface area contributed by atoms with Crippen molar-refractivity contribution in [1.82, 2.24) is 29.0 Å². The van der Waals surface area contributed by atoms with E-state index in [2.05, 4.69) is 27.5 Å². The Hall–Kier alpha value is -4.80. The van der Waals surface area contributed by atoms with Gasteiger partial charge in [-0.3, -0.25) is 18.5 Å². The van der Waals surface area contributed by atoms with Crippen LogP contribution >= 0.6 is 0 Å². The highest BCUT2D eigenvalue weighted by Crippen LogP contribution is 2.24. The predicted octanol–water partition coefficient (Wildman–Crippen LogP) is 1.60. The molecule has 1 saturated heterocycles. The van der Waals surface area contributed by atoms with E-state index in [1.165, 1.54) is 23.7 Å². The smallest absolute Gasteiger partial charge is 0.407 e. The Bertz CT molecular complexity index is 1700. The lowest BCUT2D eigenvalue weighted by molar-refractivity contribution is 0.0499. The Balaban J connectivity index is 1.80. The van der Waals surface area contributed by atoms with Crippen molar-refractivity contribution in [3.8, 4) is 11.8 Å². The van der Waals surface area contributed by atoms with Gasteiger partial charge in [0.15, 0.2) is 11.2 Å². The van der Waals surface area contributed by atoms with E-state index in [1.807, 2.05) is 4.90 Å². The van der Waals surface area contributed by atoms with Crippen LogP contribution in [0, 0.1) is 11.8 Å². The van der Waals surface area contributed by atoms with E-state index in [0.717, 1.165) is 17.4 Å². The highest BCUT2D eigenvalue weighted by atomic mass is 16.6. The summed E-state index contributed by atoms with van der Waals surface area (Å²) >= 11 is 0. The summed E-state index contributed by atoms with van der Waals surface area (Å²) in [6.45, 7) is 7.86. The van der Waals surface area contributed by atoms with Gasteiger partial charge in [0.1, 0.15) is 11.4 Å². The number of hydrogen-bond donors (Lipinski definition) is 3. The molecular weight excluding hydrogens is 544 g/mol. The number of aryl methyl sites for hydroxylation is 1. The fourth-order valence-electron chi connectivity index (χ4n) is 4.91. The third-order valence-electron chi connectivity index (χ3n) is 6.82. The summed E-state index contributed by atoms with van der Waals surface area (Å²) in [5.74, 6) is 5.43. The number of nitrogens with one attached hydrogen (secondary N) is 2. The molecule has 0 aromatic carbocycles. The van der Waals surface area contributed by atoms with E-state index in [1.54, 1.807) is 39.3 Å². The number of pyridine rings is 1. The van der Waals surface area contributed by atoms with Crippen LogP contribution in [0.1, 0.15) is 56.6 Å². The lowest BCUT2D eigenvalue weighted by Gasteiger charge is -2.34. The molecule has 3 aromatic rings. The van der Waals surface area contributed by atoms with Gasteiger partial charge in [0.05, 0.1) is 24.3 Å². The van der Waals surface area contributed by atoms with Gasteiger partial charge >= 0.3 is 17.8 Å². The quantitative estimate of drug-likeness (QED) is 0.350. The van der Waals surface area contributed by atoms with Gasteiger partial charge in [-0.1, -0.05) is 5.92 Å². The summed E-state index contributed by atoms with van der Waals surface area (Å²) in [5.41, 5.74) is -1.68. The Labute approximate surface area is 242 Å². The first-order chi connectivity index (χ1) is 19.8. The average molecular weight is 581 g/mol. The summed E-state index contributed by atoms with van der Waals surface area (Å²) in [6.07, 6.45) is 0.972. The second-order valence-electron chi connectivity index (χ2n) is 11.0. The van der Waals surface area contributed by atoms with Crippen molar-refractivity contribution in [2.45, 2.75) is 65.3 Å². The topological polar surface area (TPSA) is 166 Å². The number of rotatable bonds is 7. The number of carboxylic acids is 1. The van der Waals surface area contributed by atoms with Crippen LogP contribution in [0.4, 0.5) is 16.6 Å². The molecule has 0 saturated carbocycles. The SMILES string of the molecule is CC#CCn1c(N2CCCC(NC(=O)OC(C)(C)C)C2)nc2c1c(=O)n(Cc1nc(NC)ccc1C(=O)O)c(=O)n2C. The maximum atomic E-state index is 13.9. The van der Waals surface area contributed by atoms with E-state index >= 15 is 0 Å². The van der Waals surface area contributed by atoms with Crippen LogP contribution in [0.3, 0.4) is 0 Å². The van der Waals surface area contributed by atoms with Crippen molar-refractivity contribution in [2.75, 3.05) is 30.4 Å². The lowest BCUT2D eigenvalue weighted by atomic mass is 10.1. The van der Waals surface area contributed by atoms with Crippen molar-refractivity contribution in [2.24, 2.45) is 7.05 Å². The van der Waals surface area contributed by atoms with Gasteiger partial charge in [0, 0.05) is 33.2 Å². The number of alkyl carbamates (subject to hydrolysis) is 1. The molecule has 0 spiro atoms. The number of carbonyl (C=O) groups excluding carboxylic acids is 1. The van der Waals surface area contributed by atoms with Gasteiger partial charge in [0.2, 0.25) is 5.95 Å². The fraction of sp³-hybridized carbons (Fsp3) is 0.500. The molecule has 4 heterocycles. The van der Waals surface area contributed by atoms with Crippen LogP contribution in [0.25, 0.3) is 11.2 Å². The summed E-state index contributed by atoms with van der Waals surface area (Å²) in [5, 5.41) is 15.5. The molecule has 42 heavy (non-hydrogen) atoms. The summed E-state index contributed by atoms with van der Waals surface area (Å²) in [4.78, 5) is 62.6. The number of fused-ring (bicyclic) bond motifs is 1. The van der Waals surface area contributed by atoms with Crippen LogP contribution < -0.4 is 26.8 Å². The number of aromatic carboxylic acids is 1. The number of imidazole rings is 1. The zero-order chi connectivity index (χ0) is 30.8. The minimum Gasteiger partial charge on any atom is -0.478 e. The monoisotopic (exact) mass is 580 g/mol. The number of hydrogen-bond acceptors (Lipinski definition) is 9. The molecule has 1 unspecified atom stereocenters. The first-order valence-electron chi connectivity index (χ1n) is 13.6. The molecule has 0 bridgehead atoms. The molecule has 14 nitrogen and oxygen atoms in total. The molecule has 1 amide bonds. The fourth-order valence-corrected chi connectivity index (χ4v) is 4.91. The van der Waals surface area contributed by atoms with Crippen molar-refractivity contribution < 1.29 is 19.4 Å². The van der Waals surface area contributed by atoms with Crippen molar-refractivity contribution in [1.29, 1.82) is 0 Å². The van der Waals surface area contributed by atoms with Gasteiger partial charge in [-0.05, 0) is 52.7 Å². The Kier molecular flexibility index (Phi) is 8.60. The standard InChI is InChI=1S/C28H36N8O6/c1-7-8-14-35-21-22(32-25(35)34-13-9-10-17(15-34)30-26(40)42-28(2,3)4)33(6)27(41)36(23(21)37)16-19-18(24(38)39)11-12-20(29-5)31-19/h11-12,17H,9-10,13-16H2,1-6H3,(H,29,31)(H,30,40)(H,38,39). The van der Waals surface area contributed by atoms with Gasteiger partial charge < -0.3 is 25.4 Å². The first kappa shape index (κ1) is 30.2. The Morgan fingerprint density at radius 2 is 1.93 bits per heavy atom. The maximum Gasteiger partial charge on any atom is 0.407 e. The molecule has 0 aliphatic carbocycles. The van der Waals surface area contributed by atoms with Crippen LogP contribution in [-0.2, 0) is 24.9 Å². The molecule has 224 valence electrons. The highest BCUT2D eigenvalue weighted by molar-refractivity contribution is 5.89. The van der Waals surface area contributed by atoms with Gasteiger partial charge in [-0.25, -0.2) is 19.4 Å². The molecule has 3 aromatic heterocycles. The van der Waals surface area contributed by atoms with E-state index in [9.17, 15) is 24.3 Å². The third kappa shape index (κ3) is 6.24.